The van der Waals surface area contributed by atoms with Crippen LogP contribution < -0.4 is 0 Å². The van der Waals surface area contributed by atoms with Crippen molar-refractivity contribution in [3.8, 4) is 0 Å². The van der Waals surface area contributed by atoms with Crippen LogP contribution in [-0.4, -0.2) is 22.8 Å². The summed E-state index contributed by atoms with van der Waals surface area (Å²) >= 11 is 0. The molecule has 0 atom stereocenters. The fourth-order valence-electron chi connectivity index (χ4n) is 1.81. The lowest BCUT2D eigenvalue weighted by Gasteiger charge is -2.02. The average molecular weight is 292 g/mol. The fourth-order valence-corrected chi connectivity index (χ4v) is 1.81. The summed E-state index contributed by atoms with van der Waals surface area (Å²) in [5.74, 6) is -1.27. The second-order valence-electron chi connectivity index (χ2n) is 4.70. The maximum atomic E-state index is 11.8. The van der Waals surface area contributed by atoms with Gasteiger partial charge in [0.2, 0.25) is 0 Å². The smallest absolute Gasteiger partial charge is 0.192 e. The topological polar surface area (TPSA) is 54.4 Å². The number of aliphatic hydroxyl groups is 1. The largest absolute Gasteiger partial charge is 0.377 e. The molecule has 0 aliphatic heterocycles. The standard InChI is InChI=1S/C19H16O3/c20-17(13-11-15-7-3-1-4-8-15)19(22)18(21)14-12-16-9-5-2-6-10-16/h1-14,19,22H. The second-order valence-corrected chi connectivity index (χ2v) is 4.70. The Hall–Kier alpha value is -2.78. The molecule has 3 heteroatoms. The summed E-state index contributed by atoms with van der Waals surface area (Å²) < 4.78 is 0. The van der Waals surface area contributed by atoms with Crippen molar-refractivity contribution in [1.29, 1.82) is 0 Å². The monoisotopic (exact) mass is 292 g/mol. The molecular weight excluding hydrogens is 276 g/mol. The number of benzene rings is 2. The van der Waals surface area contributed by atoms with Crippen LogP contribution in [0.1, 0.15) is 11.1 Å². The Labute approximate surface area is 129 Å². The molecule has 2 aromatic rings. The molecule has 1 N–H and O–H groups in total. The molecule has 0 saturated heterocycles. The molecule has 0 bridgehead atoms. The highest BCUT2D eigenvalue weighted by Crippen LogP contribution is 2.04. The first kappa shape index (κ1) is 15.6. The van der Waals surface area contributed by atoms with Crippen LogP contribution in [0.2, 0.25) is 0 Å². The molecule has 0 unspecified atom stereocenters. The zero-order chi connectivity index (χ0) is 15.8. The zero-order valence-electron chi connectivity index (χ0n) is 11.9. The maximum Gasteiger partial charge on any atom is 0.192 e. The number of rotatable bonds is 6. The predicted octanol–water partition coefficient (Wildman–Crippen LogP) is 2.91. The van der Waals surface area contributed by atoms with Gasteiger partial charge >= 0.3 is 0 Å². The molecule has 0 heterocycles. The quantitative estimate of drug-likeness (QED) is 0.658. The van der Waals surface area contributed by atoms with Crippen molar-refractivity contribution in [2.75, 3.05) is 0 Å². The lowest BCUT2D eigenvalue weighted by atomic mass is 10.1. The van der Waals surface area contributed by atoms with E-state index >= 15 is 0 Å². The van der Waals surface area contributed by atoms with E-state index in [2.05, 4.69) is 0 Å². The van der Waals surface area contributed by atoms with Crippen LogP contribution in [0.5, 0.6) is 0 Å². The van der Waals surface area contributed by atoms with Gasteiger partial charge in [0.25, 0.3) is 0 Å². The van der Waals surface area contributed by atoms with Gasteiger partial charge in [0.1, 0.15) is 0 Å². The molecule has 0 spiro atoms. The van der Waals surface area contributed by atoms with Crippen molar-refractivity contribution in [3.63, 3.8) is 0 Å². The summed E-state index contributed by atoms with van der Waals surface area (Å²) in [6.07, 6.45) is 3.90. The van der Waals surface area contributed by atoms with Gasteiger partial charge in [-0.15, -0.1) is 0 Å². The van der Waals surface area contributed by atoms with Gasteiger partial charge in [-0.2, -0.15) is 0 Å². The van der Waals surface area contributed by atoms with Crippen molar-refractivity contribution in [2.45, 2.75) is 6.10 Å². The molecule has 0 amide bonds. The van der Waals surface area contributed by atoms with Crippen LogP contribution in [0.15, 0.2) is 72.8 Å². The molecule has 0 saturated carbocycles. The van der Waals surface area contributed by atoms with E-state index in [0.717, 1.165) is 11.1 Å². The van der Waals surface area contributed by atoms with Crippen LogP contribution in [0.25, 0.3) is 12.2 Å². The normalized spacial score (nSPS) is 12.6. The third-order valence-corrected chi connectivity index (χ3v) is 3.02. The first-order valence-electron chi connectivity index (χ1n) is 6.89. The van der Waals surface area contributed by atoms with Gasteiger partial charge < -0.3 is 5.11 Å². The first-order valence-corrected chi connectivity index (χ1v) is 6.89. The molecule has 0 aliphatic carbocycles. The summed E-state index contributed by atoms with van der Waals surface area (Å²) in [7, 11) is 0. The number of hydrogen-bond donors (Lipinski definition) is 1. The molecule has 22 heavy (non-hydrogen) atoms. The summed E-state index contributed by atoms with van der Waals surface area (Å²) in [5.41, 5.74) is 1.66. The summed E-state index contributed by atoms with van der Waals surface area (Å²) in [5, 5.41) is 9.74. The first-order chi connectivity index (χ1) is 10.7. The van der Waals surface area contributed by atoms with Crippen LogP contribution >= 0.6 is 0 Å². The molecule has 110 valence electrons. The molecule has 3 nitrogen and oxygen atoms in total. The zero-order valence-corrected chi connectivity index (χ0v) is 11.9. The van der Waals surface area contributed by atoms with E-state index in [1.54, 1.807) is 12.2 Å². The van der Waals surface area contributed by atoms with E-state index in [1.807, 2.05) is 60.7 Å². The highest BCUT2D eigenvalue weighted by atomic mass is 16.3. The Morgan fingerprint density at radius 1 is 0.727 bits per heavy atom. The van der Waals surface area contributed by atoms with E-state index in [4.69, 9.17) is 0 Å². The van der Waals surface area contributed by atoms with Gasteiger partial charge in [0.15, 0.2) is 17.7 Å². The molecule has 0 aromatic heterocycles. The Morgan fingerprint density at radius 2 is 1.09 bits per heavy atom. The van der Waals surface area contributed by atoms with Gasteiger partial charge in [-0.1, -0.05) is 72.8 Å². The van der Waals surface area contributed by atoms with Crippen LogP contribution in [0.4, 0.5) is 0 Å². The number of carbonyl (C=O) groups is 2. The third kappa shape index (κ3) is 4.65. The molecule has 0 aliphatic rings. The number of hydrogen-bond acceptors (Lipinski definition) is 3. The Morgan fingerprint density at radius 3 is 1.45 bits per heavy atom. The van der Waals surface area contributed by atoms with E-state index in [9.17, 15) is 14.7 Å². The third-order valence-electron chi connectivity index (χ3n) is 3.02. The van der Waals surface area contributed by atoms with Crippen molar-refractivity contribution >= 4 is 23.7 Å². The molecule has 0 fully saturated rings. The van der Waals surface area contributed by atoms with Gasteiger partial charge in [-0.05, 0) is 23.3 Å². The Kier molecular flexibility index (Phi) is 5.57. The number of carbonyl (C=O) groups excluding carboxylic acids is 2. The van der Waals surface area contributed by atoms with E-state index < -0.39 is 17.7 Å². The molecule has 2 aromatic carbocycles. The van der Waals surface area contributed by atoms with Crippen LogP contribution in [-0.2, 0) is 9.59 Å². The van der Waals surface area contributed by atoms with Crippen molar-refractivity contribution in [2.24, 2.45) is 0 Å². The summed E-state index contributed by atoms with van der Waals surface area (Å²) in [6, 6.07) is 18.4. The predicted molar refractivity (Wildman–Crippen MR) is 87.0 cm³/mol. The molecular formula is C19H16O3. The lowest BCUT2D eigenvalue weighted by Crippen LogP contribution is -2.26. The van der Waals surface area contributed by atoms with E-state index in [0.29, 0.717) is 0 Å². The Balaban J connectivity index is 1.97. The second kappa shape index (κ2) is 7.86. The Bertz CT molecular complexity index is 624. The van der Waals surface area contributed by atoms with Gasteiger partial charge in [-0.3, -0.25) is 9.59 Å². The molecule has 0 radical (unpaired) electrons. The van der Waals surface area contributed by atoms with Crippen molar-refractivity contribution < 1.29 is 14.7 Å². The number of ketones is 2. The highest BCUT2D eigenvalue weighted by molar-refractivity contribution is 6.15. The SMILES string of the molecule is O=C(C=Cc1ccccc1)C(O)C(=O)C=Cc1ccccc1. The lowest BCUT2D eigenvalue weighted by molar-refractivity contribution is -0.132. The fraction of sp³-hybridized carbons (Fsp3) is 0.0526. The average Bonchev–Trinajstić information content (AvgIpc) is 2.58. The minimum Gasteiger partial charge on any atom is -0.377 e. The van der Waals surface area contributed by atoms with Crippen molar-refractivity contribution in [3.05, 3.63) is 83.9 Å². The summed E-state index contributed by atoms with van der Waals surface area (Å²) in [6.45, 7) is 0. The van der Waals surface area contributed by atoms with Crippen LogP contribution in [0, 0.1) is 0 Å². The van der Waals surface area contributed by atoms with Gasteiger partial charge in [0.05, 0.1) is 0 Å². The maximum absolute atomic E-state index is 11.8. The minimum absolute atomic E-state index is 0.633. The molecule has 2 rings (SSSR count). The van der Waals surface area contributed by atoms with E-state index in [1.165, 1.54) is 12.2 Å². The van der Waals surface area contributed by atoms with Crippen LogP contribution in [0.3, 0.4) is 0 Å². The summed E-state index contributed by atoms with van der Waals surface area (Å²) in [4.78, 5) is 23.6. The van der Waals surface area contributed by atoms with Gasteiger partial charge in [-0.25, -0.2) is 0 Å². The van der Waals surface area contributed by atoms with Crippen molar-refractivity contribution in [1.82, 2.24) is 0 Å². The van der Waals surface area contributed by atoms with Gasteiger partial charge in [0, 0.05) is 0 Å². The number of aliphatic hydroxyl groups excluding tert-OH is 1. The minimum atomic E-state index is -1.67. The highest BCUT2D eigenvalue weighted by Gasteiger charge is 2.18. The van der Waals surface area contributed by atoms with E-state index in [-0.39, 0.29) is 0 Å².